The van der Waals surface area contributed by atoms with Crippen molar-refractivity contribution in [3.8, 4) is 5.75 Å². The summed E-state index contributed by atoms with van der Waals surface area (Å²) in [7, 11) is 0. The number of benzene rings is 1. The maximum atomic E-state index is 13.8. The van der Waals surface area contributed by atoms with Crippen LogP contribution in [0.2, 0.25) is 0 Å². The molecule has 18 nitrogen and oxygen atoms in total. The minimum absolute atomic E-state index is 0.00344. The Labute approximate surface area is 374 Å². The highest BCUT2D eigenvalue weighted by Gasteiger charge is 2.28. The fourth-order valence-corrected chi connectivity index (χ4v) is 7.50. The summed E-state index contributed by atoms with van der Waals surface area (Å²) < 4.78 is 43.5. The second-order valence-corrected chi connectivity index (χ2v) is 16.4. The van der Waals surface area contributed by atoms with E-state index in [1.54, 1.807) is 37.8 Å². The zero-order valence-electron chi connectivity index (χ0n) is 36.6. The van der Waals surface area contributed by atoms with Crippen molar-refractivity contribution in [2.75, 3.05) is 174 Å². The molecule has 62 heavy (non-hydrogen) atoms. The molecule has 2 aliphatic heterocycles. The molecule has 2 aliphatic rings. The molecule has 1 aromatic carbocycles. The standard InChI is InChI=1S/C42H66N4O14S2/c1-4-53-21-22-60-38-28-36(41(51)45-9-5-43(6-10-45)39(49)32-61-25-23-56-15-13-54-17-19-58-30-34(2)47)27-37(29-38)42(52)46-11-7-44(8-12-46)40(50)33-62-26-24-57-16-14-55-18-20-59-31-35(3)48/h27-29H,4-26,30-33H2,1-3H3. The molecule has 2 saturated heterocycles. The van der Waals surface area contributed by atoms with Crippen molar-refractivity contribution in [1.82, 2.24) is 19.6 Å². The summed E-state index contributed by atoms with van der Waals surface area (Å²) in [6.07, 6.45) is 0. The third kappa shape index (κ3) is 22.3. The van der Waals surface area contributed by atoms with E-state index in [4.69, 9.17) is 37.9 Å². The largest absolute Gasteiger partial charge is 0.491 e. The number of hydrogen-bond donors (Lipinski definition) is 0. The van der Waals surface area contributed by atoms with E-state index in [-0.39, 0.29) is 55.0 Å². The number of ether oxygens (including phenoxy) is 8. The van der Waals surface area contributed by atoms with E-state index in [2.05, 4.69) is 0 Å². The van der Waals surface area contributed by atoms with Gasteiger partial charge in [0.1, 0.15) is 25.6 Å². The van der Waals surface area contributed by atoms with Crippen LogP contribution >= 0.6 is 23.5 Å². The molecule has 350 valence electrons. The van der Waals surface area contributed by atoms with Gasteiger partial charge in [0.2, 0.25) is 11.8 Å². The lowest BCUT2D eigenvalue weighted by atomic mass is 10.1. The van der Waals surface area contributed by atoms with Crippen LogP contribution in [0.4, 0.5) is 0 Å². The lowest BCUT2D eigenvalue weighted by Crippen LogP contribution is -2.51. The van der Waals surface area contributed by atoms with E-state index in [1.807, 2.05) is 6.92 Å². The third-order valence-corrected chi connectivity index (χ3v) is 11.0. The molecule has 20 heteroatoms. The first-order valence-electron chi connectivity index (χ1n) is 21.2. The van der Waals surface area contributed by atoms with Crippen LogP contribution in [0.25, 0.3) is 0 Å². The van der Waals surface area contributed by atoms with Crippen molar-refractivity contribution in [3.05, 3.63) is 29.3 Å². The first kappa shape index (κ1) is 53.0. The summed E-state index contributed by atoms with van der Waals surface area (Å²) >= 11 is 2.98. The number of ketones is 2. The van der Waals surface area contributed by atoms with Gasteiger partial charge in [-0.05, 0) is 39.0 Å². The molecule has 0 spiro atoms. The molecule has 1 aromatic rings. The lowest BCUT2D eigenvalue weighted by molar-refractivity contribution is -0.130. The normalized spacial score (nSPS) is 14.3. The Balaban J connectivity index is 1.38. The van der Waals surface area contributed by atoms with Gasteiger partial charge in [-0.2, -0.15) is 0 Å². The van der Waals surface area contributed by atoms with Crippen LogP contribution in [-0.2, 0) is 52.3 Å². The van der Waals surface area contributed by atoms with Crippen molar-refractivity contribution < 1.29 is 66.7 Å². The van der Waals surface area contributed by atoms with Crippen molar-refractivity contribution in [3.63, 3.8) is 0 Å². The SMILES string of the molecule is CCOCCOc1cc(C(=O)N2CCN(C(=O)CSCCOCCOCCOCC(C)=O)CC2)cc(C(=O)N2CCN(C(=O)CSCCOCCOCCOCC(C)=O)CC2)c1. The monoisotopic (exact) mass is 914 g/mol. The number of carbonyl (C=O) groups is 6. The smallest absolute Gasteiger partial charge is 0.254 e. The third-order valence-electron chi connectivity index (χ3n) is 9.23. The molecule has 0 bridgehead atoms. The molecular weight excluding hydrogens is 849 g/mol. The number of nitrogens with zero attached hydrogens (tertiary/aromatic N) is 4. The van der Waals surface area contributed by atoms with Gasteiger partial charge < -0.3 is 57.5 Å². The van der Waals surface area contributed by atoms with Gasteiger partial charge >= 0.3 is 0 Å². The average molecular weight is 915 g/mol. The summed E-state index contributed by atoms with van der Waals surface area (Å²) in [4.78, 5) is 82.1. The van der Waals surface area contributed by atoms with Crippen molar-refractivity contribution >= 4 is 58.7 Å². The Morgan fingerprint density at radius 3 is 1.21 bits per heavy atom. The molecule has 0 N–H and O–H groups in total. The van der Waals surface area contributed by atoms with Crippen LogP contribution in [0.3, 0.4) is 0 Å². The predicted molar refractivity (Wildman–Crippen MR) is 234 cm³/mol. The minimum Gasteiger partial charge on any atom is -0.491 e. The fourth-order valence-electron chi connectivity index (χ4n) is 6.02. The van der Waals surface area contributed by atoms with E-state index < -0.39 is 0 Å². The van der Waals surface area contributed by atoms with Crippen LogP contribution in [0.5, 0.6) is 5.75 Å². The van der Waals surface area contributed by atoms with Gasteiger partial charge in [0.05, 0.1) is 84.2 Å². The highest BCUT2D eigenvalue weighted by molar-refractivity contribution is 8.00. The first-order valence-corrected chi connectivity index (χ1v) is 23.5. The maximum absolute atomic E-state index is 13.8. The molecule has 0 aromatic heterocycles. The number of thioether (sulfide) groups is 2. The van der Waals surface area contributed by atoms with Crippen LogP contribution < -0.4 is 4.74 Å². The van der Waals surface area contributed by atoms with Crippen LogP contribution in [-0.4, -0.2) is 229 Å². The van der Waals surface area contributed by atoms with E-state index in [1.165, 1.54) is 37.4 Å². The van der Waals surface area contributed by atoms with E-state index in [0.29, 0.717) is 172 Å². The van der Waals surface area contributed by atoms with Gasteiger partial charge in [-0.25, -0.2) is 0 Å². The molecule has 3 rings (SSSR count). The summed E-state index contributed by atoms with van der Waals surface area (Å²) in [5.41, 5.74) is 0.643. The molecule has 0 aliphatic carbocycles. The molecule has 0 atom stereocenters. The first-order chi connectivity index (χ1) is 30.1. The van der Waals surface area contributed by atoms with Gasteiger partial charge in [-0.1, -0.05) is 0 Å². The van der Waals surface area contributed by atoms with E-state index >= 15 is 0 Å². The summed E-state index contributed by atoms with van der Waals surface area (Å²) in [6, 6.07) is 4.88. The number of rotatable bonds is 33. The molecule has 0 radical (unpaired) electrons. The number of piperazine rings is 2. The summed E-state index contributed by atoms with van der Waals surface area (Å²) in [6.45, 7) is 13.3. The van der Waals surface area contributed by atoms with Gasteiger partial charge in [-0.15, -0.1) is 23.5 Å². The number of carbonyl (C=O) groups excluding carboxylic acids is 6. The van der Waals surface area contributed by atoms with Crippen LogP contribution in [0.15, 0.2) is 18.2 Å². The van der Waals surface area contributed by atoms with Crippen LogP contribution in [0.1, 0.15) is 41.5 Å². The number of amides is 4. The highest BCUT2D eigenvalue weighted by Crippen LogP contribution is 2.22. The Morgan fingerprint density at radius 2 is 0.823 bits per heavy atom. The van der Waals surface area contributed by atoms with Crippen molar-refractivity contribution in [2.24, 2.45) is 0 Å². The predicted octanol–water partition coefficient (Wildman–Crippen LogP) is 1.41. The lowest BCUT2D eigenvalue weighted by Gasteiger charge is -2.35. The second-order valence-electron chi connectivity index (χ2n) is 14.2. The highest BCUT2D eigenvalue weighted by atomic mass is 32.2. The van der Waals surface area contributed by atoms with E-state index in [0.717, 1.165) is 0 Å². The number of Topliss-reactive ketones (excluding diaryl/α,β-unsaturated/α-hetero) is 2. The molecule has 4 amide bonds. The fraction of sp³-hybridized carbons (Fsp3) is 0.714. The van der Waals surface area contributed by atoms with E-state index in [9.17, 15) is 28.8 Å². The number of hydrogen-bond acceptors (Lipinski definition) is 16. The van der Waals surface area contributed by atoms with Gasteiger partial charge in [0, 0.05) is 81.6 Å². The zero-order chi connectivity index (χ0) is 44.8. The average Bonchev–Trinajstić information content (AvgIpc) is 3.27. The quantitative estimate of drug-likeness (QED) is 0.0921. The molecule has 0 unspecified atom stereocenters. The summed E-state index contributed by atoms with van der Waals surface area (Å²) in [5, 5.41) is 0. The van der Waals surface area contributed by atoms with Crippen molar-refractivity contribution in [2.45, 2.75) is 20.8 Å². The topological polar surface area (TPSA) is 189 Å². The Bertz CT molecular complexity index is 1410. The van der Waals surface area contributed by atoms with Crippen LogP contribution in [0, 0.1) is 0 Å². The summed E-state index contributed by atoms with van der Waals surface area (Å²) in [5.74, 6) is 1.77. The second kappa shape index (κ2) is 32.3. The van der Waals surface area contributed by atoms with Crippen molar-refractivity contribution in [1.29, 1.82) is 0 Å². The maximum Gasteiger partial charge on any atom is 0.254 e. The minimum atomic E-state index is -0.250. The van der Waals surface area contributed by atoms with Gasteiger partial charge in [0.25, 0.3) is 11.8 Å². The van der Waals surface area contributed by atoms with Gasteiger partial charge in [0.15, 0.2) is 11.6 Å². The zero-order valence-corrected chi connectivity index (χ0v) is 38.3. The van der Waals surface area contributed by atoms with Gasteiger partial charge in [-0.3, -0.25) is 28.8 Å². The molecular formula is C42H66N4O14S2. The Hall–Kier alpha value is -3.34. The molecule has 2 heterocycles. The Morgan fingerprint density at radius 1 is 0.468 bits per heavy atom. The molecule has 2 fully saturated rings. The Kier molecular flexibility index (Phi) is 27.6. The molecule has 0 saturated carbocycles.